The number of aromatic amines is 1. The molecule has 0 aliphatic heterocycles. The Morgan fingerprint density at radius 3 is 2.93 bits per heavy atom. The first-order valence-corrected chi connectivity index (χ1v) is 8.64. The third-order valence-electron chi connectivity index (χ3n) is 4.19. The fourth-order valence-corrected chi connectivity index (χ4v) is 3.12. The Morgan fingerprint density at radius 2 is 2.00 bits per heavy atom. The predicted molar refractivity (Wildman–Crippen MR) is 105 cm³/mol. The van der Waals surface area contributed by atoms with Crippen molar-refractivity contribution in [1.82, 2.24) is 15.0 Å². The fourth-order valence-electron chi connectivity index (χ4n) is 2.90. The smallest absolute Gasteiger partial charge is 0.158 e. The van der Waals surface area contributed by atoms with E-state index in [4.69, 9.17) is 20.8 Å². The molecule has 5 aromatic rings. The van der Waals surface area contributed by atoms with Gasteiger partial charge in [-0.1, -0.05) is 11.6 Å². The molecule has 0 aliphatic rings. The van der Waals surface area contributed by atoms with Gasteiger partial charge in [0.2, 0.25) is 0 Å². The third-order valence-corrected chi connectivity index (χ3v) is 4.49. The number of furan rings is 1. The van der Waals surface area contributed by atoms with E-state index in [1.54, 1.807) is 12.3 Å². The molecule has 5 rings (SSSR count). The van der Waals surface area contributed by atoms with Gasteiger partial charge in [-0.3, -0.25) is 0 Å². The normalized spacial score (nSPS) is 11.1. The second-order valence-corrected chi connectivity index (χ2v) is 6.36. The van der Waals surface area contributed by atoms with E-state index in [0.29, 0.717) is 22.3 Å². The van der Waals surface area contributed by atoms with Gasteiger partial charge in [0.15, 0.2) is 5.82 Å². The van der Waals surface area contributed by atoms with E-state index in [1.165, 1.54) is 6.33 Å². The van der Waals surface area contributed by atoms with Gasteiger partial charge in [-0.15, -0.1) is 0 Å². The summed E-state index contributed by atoms with van der Waals surface area (Å²) in [6.07, 6.45) is 4.99. The highest BCUT2D eigenvalue weighted by Gasteiger charge is 2.09. The van der Waals surface area contributed by atoms with Gasteiger partial charge in [0.1, 0.15) is 28.9 Å². The summed E-state index contributed by atoms with van der Waals surface area (Å²) in [4.78, 5) is 11.6. The average Bonchev–Trinajstić information content (AvgIpc) is 3.33. The molecular formula is C20H13ClN4O2. The van der Waals surface area contributed by atoms with Crippen LogP contribution >= 0.6 is 11.6 Å². The van der Waals surface area contributed by atoms with Crippen molar-refractivity contribution in [2.75, 3.05) is 5.32 Å². The highest BCUT2D eigenvalue weighted by Crippen LogP contribution is 2.34. The summed E-state index contributed by atoms with van der Waals surface area (Å²) in [6.45, 7) is 0. The van der Waals surface area contributed by atoms with Crippen molar-refractivity contribution in [3.8, 4) is 11.5 Å². The molecule has 2 N–H and O–H groups in total. The van der Waals surface area contributed by atoms with Crippen LogP contribution < -0.4 is 10.1 Å². The number of halogens is 1. The van der Waals surface area contributed by atoms with Crippen LogP contribution in [0.2, 0.25) is 5.02 Å². The number of anilines is 2. The Balaban J connectivity index is 1.40. The lowest BCUT2D eigenvalue weighted by atomic mass is 10.2. The maximum Gasteiger partial charge on any atom is 0.158 e. The molecule has 0 fully saturated rings. The molecule has 0 spiro atoms. The molecule has 2 aromatic carbocycles. The van der Waals surface area contributed by atoms with E-state index < -0.39 is 0 Å². The van der Waals surface area contributed by atoms with E-state index in [-0.39, 0.29) is 0 Å². The van der Waals surface area contributed by atoms with Crippen molar-refractivity contribution in [2.24, 2.45) is 0 Å². The maximum atomic E-state index is 6.42. The van der Waals surface area contributed by atoms with Crippen molar-refractivity contribution in [2.45, 2.75) is 0 Å². The van der Waals surface area contributed by atoms with E-state index in [2.05, 4.69) is 20.3 Å². The number of nitrogens with one attached hydrogen (secondary N) is 2. The Bertz CT molecular complexity index is 1260. The Labute approximate surface area is 158 Å². The van der Waals surface area contributed by atoms with Gasteiger partial charge in [-0.05, 0) is 48.5 Å². The van der Waals surface area contributed by atoms with Crippen LogP contribution in [-0.4, -0.2) is 15.0 Å². The van der Waals surface area contributed by atoms with Crippen LogP contribution in [0.25, 0.3) is 22.0 Å². The zero-order chi connectivity index (χ0) is 18.2. The summed E-state index contributed by atoms with van der Waals surface area (Å²) < 4.78 is 11.3. The summed E-state index contributed by atoms with van der Waals surface area (Å²) >= 11 is 6.42. The molecule has 0 saturated carbocycles. The number of aromatic nitrogens is 3. The number of nitrogens with zero attached hydrogens (tertiary/aromatic N) is 2. The van der Waals surface area contributed by atoms with Gasteiger partial charge in [0.25, 0.3) is 0 Å². The van der Waals surface area contributed by atoms with E-state index >= 15 is 0 Å². The quantitative estimate of drug-likeness (QED) is 0.408. The molecule has 6 nitrogen and oxygen atoms in total. The zero-order valence-corrected chi connectivity index (χ0v) is 14.7. The summed E-state index contributed by atoms with van der Waals surface area (Å²) in [5, 5.41) is 4.71. The lowest BCUT2D eigenvalue weighted by Gasteiger charge is -2.11. The summed E-state index contributed by atoms with van der Waals surface area (Å²) in [5.74, 6) is 1.94. The van der Waals surface area contributed by atoms with E-state index in [0.717, 1.165) is 27.7 Å². The first-order valence-electron chi connectivity index (χ1n) is 8.26. The van der Waals surface area contributed by atoms with Crippen molar-refractivity contribution < 1.29 is 9.15 Å². The van der Waals surface area contributed by atoms with Crippen LogP contribution in [-0.2, 0) is 0 Å². The lowest BCUT2D eigenvalue weighted by molar-refractivity contribution is 0.483. The van der Waals surface area contributed by atoms with Gasteiger partial charge in [-0.25, -0.2) is 9.97 Å². The summed E-state index contributed by atoms with van der Waals surface area (Å²) in [7, 11) is 0. The number of benzene rings is 2. The van der Waals surface area contributed by atoms with Gasteiger partial charge < -0.3 is 19.5 Å². The van der Waals surface area contributed by atoms with Crippen LogP contribution in [0.3, 0.4) is 0 Å². The van der Waals surface area contributed by atoms with Crippen molar-refractivity contribution in [3.63, 3.8) is 0 Å². The Morgan fingerprint density at radius 1 is 1.04 bits per heavy atom. The van der Waals surface area contributed by atoms with E-state index in [1.807, 2.05) is 48.7 Å². The number of hydrogen-bond donors (Lipinski definition) is 2. The number of ether oxygens (including phenoxy) is 1. The van der Waals surface area contributed by atoms with Gasteiger partial charge in [0.05, 0.1) is 16.8 Å². The molecule has 7 heteroatoms. The molecule has 0 radical (unpaired) electrons. The minimum Gasteiger partial charge on any atom is -0.464 e. The molecule has 0 saturated heterocycles. The third kappa shape index (κ3) is 2.96. The highest BCUT2D eigenvalue weighted by molar-refractivity contribution is 6.32. The van der Waals surface area contributed by atoms with Crippen LogP contribution in [0.4, 0.5) is 11.5 Å². The molecule has 132 valence electrons. The summed E-state index contributed by atoms with van der Waals surface area (Å²) in [5.41, 5.74) is 3.29. The molecular weight excluding hydrogens is 364 g/mol. The predicted octanol–water partition coefficient (Wildman–Crippen LogP) is 5.89. The first-order chi connectivity index (χ1) is 13.3. The Kier molecular flexibility index (Phi) is 3.69. The monoisotopic (exact) mass is 376 g/mol. The topological polar surface area (TPSA) is 76.0 Å². The lowest BCUT2D eigenvalue weighted by Crippen LogP contribution is -1.96. The second kappa shape index (κ2) is 6.34. The maximum absolute atomic E-state index is 6.42. The average molecular weight is 377 g/mol. The Hall–Kier alpha value is -3.51. The molecule has 3 aromatic heterocycles. The summed E-state index contributed by atoms with van der Waals surface area (Å²) in [6, 6.07) is 14.9. The van der Waals surface area contributed by atoms with Gasteiger partial charge >= 0.3 is 0 Å². The van der Waals surface area contributed by atoms with Crippen LogP contribution in [0.1, 0.15) is 0 Å². The largest absolute Gasteiger partial charge is 0.464 e. The SMILES string of the molecule is Clc1cc(Nc2ncnc3cc[nH]c23)ccc1Oc1ccc2occc2c1. The number of rotatable bonds is 4. The first kappa shape index (κ1) is 15.7. The van der Waals surface area contributed by atoms with Gasteiger partial charge in [-0.2, -0.15) is 0 Å². The molecule has 0 unspecified atom stereocenters. The molecule has 0 bridgehead atoms. The fraction of sp³-hybridized carbons (Fsp3) is 0. The van der Waals surface area contributed by atoms with E-state index in [9.17, 15) is 0 Å². The standard InChI is InChI=1S/C20H13ClN4O2/c21-15-10-13(25-20-19-16(5-7-22-19)23-11-24-20)1-3-18(15)27-14-2-4-17-12(9-14)6-8-26-17/h1-11,22H,(H,23,24,25). The molecule has 0 aliphatic carbocycles. The molecule has 27 heavy (non-hydrogen) atoms. The zero-order valence-electron chi connectivity index (χ0n) is 13.9. The molecule has 3 heterocycles. The molecule has 0 atom stereocenters. The van der Waals surface area contributed by atoms with Crippen LogP contribution in [0.5, 0.6) is 11.5 Å². The molecule has 0 amide bonds. The van der Waals surface area contributed by atoms with Crippen LogP contribution in [0.15, 0.2) is 71.7 Å². The van der Waals surface area contributed by atoms with Gasteiger partial charge in [0, 0.05) is 17.3 Å². The van der Waals surface area contributed by atoms with Crippen molar-refractivity contribution >= 4 is 45.1 Å². The number of fused-ring (bicyclic) bond motifs is 2. The minimum atomic E-state index is 0.490. The van der Waals surface area contributed by atoms with Crippen molar-refractivity contribution in [3.05, 3.63) is 72.3 Å². The number of H-pyrrole nitrogens is 1. The van der Waals surface area contributed by atoms with Crippen molar-refractivity contribution in [1.29, 1.82) is 0 Å². The minimum absolute atomic E-state index is 0.490. The second-order valence-electron chi connectivity index (χ2n) is 5.95. The number of hydrogen-bond acceptors (Lipinski definition) is 5. The highest BCUT2D eigenvalue weighted by atomic mass is 35.5. The van der Waals surface area contributed by atoms with Crippen LogP contribution in [0, 0.1) is 0 Å².